The highest BCUT2D eigenvalue weighted by Crippen LogP contribution is 2.16. The van der Waals surface area contributed by atoms with Crippen LogP contribution in [0.3, 0.4) is 0 Å². The Bertz CT molecular complexity index is 729. The number of nitrogens with one attached hydrogen (secondary N) is 2. The van der Waals surface area contributed by atoms with Crippen molar-refractivity contribution in [3.05, 3.63) is 12.2 Å². The number of hydrogen-bond donors (Lipinski definition) is 2. The predicted octanol–water partition coefficient (Wildman–Crippen LogP) is 0.932. The normalized spacial score (nSPS) is 13.6. The summed E-state index contributed by atoms with van der Waals surface area (Å²) in [6.07, 6.45) is -5.27. The van der Waals surface area contributed by atoms with E-state index in [0.29, 0.717) is 0 Å². The number of carbonyl (C=O) groups is 5. The fourth-order valence-corrected chi connectivity index (χ4v) is 2.00. The first-order chi connectivity index (χ1) is 14.6. The van der Waals surface area contributed by atoms with Gasteiger partial charge in [-0.2, -0.15) is 13.2 Å². The zero-order chi connectivity index (χ0) is 25.1. The van der Waals surface area contributed by atoms with Crippen LogP contribution in [0, 0.1) is 0 Å². The van der Waals surface area contributed by atoms with E-state index < -0.39 is 66.6 Å². The summed E-state index contributed by atoms with van der Waals surface area (Å²) < 4.78 is 52.2. The molecule has 0 bridgehead atoms. The molecule has 0 aliphatic rings. The molecule has 182 valence electrons. The van der Waals surface area contributed by atoms with Crippen molar-refractivity contribution in [1.82, 2.24) is 10.6 Å². The van der Waals surface area contributed by atoms with Crippen molar-refractivity contribution >= 4 is 29.7 Å². The summed E-state index contributed by atoms with van der Waals surface area (Å²) in [6, 6.07) is -1.74. The Kier molecular flexibility index (Phi) is 11.4. The van der Waals surface area contributed by atoms with E-state index in [0.717, 1.165) is 19.1 Å². The molecular formula is C19H27F3N2O8. The number of amides is 2. The molecule has 2 N–H and O–H groups in total. The zero-order valence-electron chi connectivity index (χ0n) is 18.3. The lowest BCUT2D eigenvalue weighted by Crippen LogP contribution is -2.48. The van der Waals surface area contributed by atoms with Gasteiger partial charge in [-0.1, -0.05) is 6.08 Å². The highest BCUT2D eigenvalue weighted by Gasteiger charge is 2.41. The van der Waals surface area contributed by atoms with Gasteiger partial charge in [-0.25, -0.2) is 4.79 Å². The topological polar surface area (TPSA) is 137 Å². The monoisotopic (exact) mass is 468 g/mol. The molecule has 0 aromatic heterocycles. The molecule has 0 fully saturated rings. The van der Waals surface area contributed by atoms with Gasteiger partial charge < -0.3 is 24.8 Å². The van der Waals surface area contributed by atoms with E-state index >= 15 is 0 Å². The van der Waals surface area contributed by atoms with E-state index in [-0.39, 0.29) is 6.61 Å². The maximum Gasteiger partial charge on any atom is 0.471 e. The average Bonchev–Trinajstić information content (AvgIpc) is 2.61. The summed E-state index contributed by atoms with van der Waals surface area (Å²) >= 11 is 0. The Hall–Kier alpha value is -3.12. The van der Waals surface area contributed by atoms with Crippen LogP contribution in [0.15, 0.2) is 12.2 Å². The van der Waals surface area contributed by atoms with Crippen LogP contribution in [0.5, 0.6) is 0 Å². The summed E-state index contributed by atoms with van der Waals surface area (Å²) in [5.41, 5.74) is -1.05. The number of ether oxygens (including phenoxy) is 3. The molecule has 0 aromatic carbocycles. The second-order valence-electron chi connectivity index (χ2n) is 7.27. The van der Waals surface area contributed by atoms with Crippen molar-refractivity contribution in [3.8, 4) is 0 Å². The van der Waals surface area contributed by atoms with E-state index in [9.17, 15) is 37.1 Å². The SMILES string of the molecule is CCOC(=O)CNC(=O)C(/C=C/CC(NC(=O)C(F)(F)F)C(=O)OC(C)(C)C)OC(C)=O. The molecule has 2 atom stereocenters. The van der Waals surface area contributed by atoms with E-state index in [4.69, 9.17) is 9.47 Å². The first kappa shape index (κ1) is 28.9. The van der Waals surface area contributed by atoms with Gasteiger partial charge >= 0.3 is 30.0 Å². The number of halogens is 3. The molecule has 32 heavy (non-hydrogen) atoms. The van der Waals surface area contributed by atoms with Gasteiger partial charge in [0.1, 0.15) is 18.2 Å². The zero-order valence-corrected chi connectivity index (χ0v) is 18.3. The summed E-state index contributed by atoms with van der Waals surface area (Å²) in [4.78, 5) is 58.1. The molecule has 0 aliphatic carbocycles. The molecular weight excluding hydrogens is 441 g/mol. The molecule has 0 aliphatic heterocycles. The van der Waals surface area contributed by atoms with Gasteiger partial charge in [-0.15, -0.1) is 0 Å². The Morgan fingerprint density at radius 3 is 2.12 bits per heavy atom. The van der Waals surface area contributed by atoms with Crippen LogP contribution in [0.4, 0.5) is 13.2 Å². The second-order valence-corrected chi connectivity index (χ2v) is 7.27. The van der Waals surface area contributed by atoms with Crippen molar-refractivity contribution in [2.75, 3.05) is 13.2 Å². The first-order valence-corrected chi connectivity index (χ1v) is 9.44. The third-order valence-electron chi connectivity index (χ3n) is 3.20. The van der Waals surface area contributed by atoms with Gasteiger partial charge in [0.25, 0.3) is 5.91 Å². The molecule has 0 saturated heterocycles. The summed E-state index contributed by atoms with van der Waals surface area (Å²) in [5, 5.41) is 3.68. The minimum absolute atomic E-state index is 0.0810. The smallest absolute Gasteiger partial charge is 0.465 e. The van der Waals surface area contributed by atoms with Crippen LogP contribution in [0.2, 0.25) is 0 Å². The molecule has 13 heteroatoms. The van der Waals surface area contributed by atoms with Gasteiger partial charge in [-0.3, -0.25) is 19.2 Å². The van der Waals surface area contributed by atoms with Crippen LogP contribution in [0.25, 0.3) is 0 Å². The number of alkyl halides is 3. The van der Waals surface area contributed by atoms with Gasteiger partial charge in [0.2, 0.25) is 0 Å². The Labute approximate surface area is 182 Å². The van der Waals surface area contributed by atoms with Crippen molar-refractivity contribution < 1.29 is 51.4 Å². The Balaban J connectivity index is 5.39. The van der Waals surface area contributed by atoms with E-state index in [2.05, 4.69) is 10.1 Å². The summed E-state index contributed by atoms with van der Waals surface area (Å²) in [6.45, 7) is 6.57. The Morgan fingerprint density at radius 1 is 1.06 bits per heavy atom. The lowest BCUT2D eigenvalue weighted by atomic mass is 10.1. The average molecular weight is 468 g/mol. The minimum Gasteiger partial charge on any atom is -0.465 e. The maximum atomic E-state index is 12.6. The van der Waals surface area contributed by atoms with Crippen molar-refractivity contribution in [1.29, 1.82) is 0 Å². The van der Waals surface area contributed by atoms with Gasteiger partial charge in [0, 0.05) is 6.92 Å². The quantitative estimate of drug-likeness (QED) is 0.275. The number of carbonyl (C=O) groups excluding carboxylic acids is 5. The number of hydrogen-bond acceptors (Lipinski definition) is 8. The third-order valence-corrected chi connectivity index (χ3v) is 3.20. The van der Waals surface area contributed by atoms with Gasteiger partial charge in [0.15, 0.2) is 6.10 Å². The molecule has 0 radical (unpaired) electrons. The minimum atomic E-state index is -5.24. The number of esters is 3. The van der Waals surface area contributed by atoms with Crippen molar-refractivity contribution in [3.63, 3.8) is 0 Å². The third kappa shape index (κ3) is 12.5. The van der Waals surface area contributed by atoms with E-state index in [1.54, 1.807) is 6.92 Å². The molecule has 2 amide bonds. The molecule has 0 aromatic rings. The predicted molar refractivity (Wildman–Crippen MR) is 103 cm³/mol. The van der Waals surface area contributed by atoms with E-state index in [1.165, 1.54) is 26.1 Å². The van der Waals surface area contributed by atoms with Crippen LogP contribution in [-0.4, -0.2) is 66.8 Å². The molecule has 0 saturated carbocycles. The fourth-order valence-electron chi connectivity index (χ4n) is 2.00. The maximum absolute atomic E-state index is 12.6. The standard InChI is InChI=1S/C19H27F3N2O8/c1-6-30-14(26)10-23-15(27)13(31-11(2)25)9-7-8-12(16(28)32-18(3,4)5)24-17(29)19(20,21)22/h7,9,12-13H,6,8,10H2,1-5H3,(H,23,27)(H,24,29)/b9-7+. The first-order valence-electron chi connectivity index (χ1n) is 9.44. The highest BCUT2D eigenvalue weighted by atomic mass is 19.4. The molecule has 0 spiro atoms. The van der Waals surface area contributed by atoms with Gasteiger partial charge in [0.05, 0.1) is 6.61 Å². The second kappa shape index (κ2) is 12.7. The summed E-state index contributed by atoms with van der Waals surface area (Å²) in [7, 11) is 0. The fraction of sp³-hybridized carbons (Fsp3) is 0.632. The molecule has 0 heterocycles. The van der Waals surface area contributed by atoms with Crippen LogP contribution >= 0.6 is 0 Å². The lowest BCUT2D eigenvalue weighted by molar-refractivity contribution is -0.177. The number of rotatable bonds is 10. The Morgan fingerprint density at radius 2 is 1.66 bits per heavy atom. The molecule has 0 rings (SSSR count). The van der Waals surface area contributed by atoms with E-state index in [1.807, 2.05) is 0 Å². The van der Waals surface area contributed by atoms with Crippen LogP contribution in [-0.2, 0) is 38.2 Å². The van der Waals surface area contributed by atoms with Crippen molar-refractivity contribution in [2.24, 2.45) is 0 Å². The molecule has 10 nitrogen and oxygen atoms in total. The van der Waals surface area contributed by atoms with Crippen LogP contribution in [0.1, 0.15) is 41.0 Å². The molecule has 2 unspecified atom stereocenters. The van der Waals surface area contributed by atoms with Gasteiger partial charge in [-0.05, 0) is 40.2 Å². The van der Waals surface area contributed by atoms with Crippen LogP contribution < -0.4 is 10.6 Å². The lowest BCUT2D eigenvalue weighted by Gasteiger charge is -2.24. The summed E-state index contributed by atoms with van der Waals surface area (Å²) in [5.74, 6) is -6.02. The highest BCUT2D eigenvalue weighted by molar-refractivity contribution is 5.89. The van der Waals surface area contributed by atoms with Crippen molar-refractivity contribution in [2.45, 2.75) is 65.0 Å². The largest absolute Gasteiger partial charge is 0.471 e.